The molecule has 152 valence electrons. The minimum absolute atomic E-state index is 0.149. The van der Waals surface area contributed by atoms with E-state index < -0.39 is 0 Å². The van der Waals surface area contributed by atoms with E-state index in [2.05, 4.69) is 113 Å². The topological polar surface area (TPSA) is 31.6 Å². The number of hydrogen-bond acceptors (Lipinski definition) is 0. The first kappa shape index (κ1) is 17.6. The van der Waals surface area contributed by atoms with Crippen molar-refractivity contribution >= 4 is 21.8 Å². The van der Waals surface area contributed by atoms with Gasteiger partial charge in [0.25, 0.3) is 0 Å². The summed E-state index contributed by atoms with van der Waals surface area (Å²) in [7, 11) is 0. The summed E-state index contributed by atoms with van der Waals surface area (Å²) in [6.45, 7) is 0. The molecule has 0 spiro atoms. The molecule has 6 aromatic rings. The molecule has 7 rings (SSSR count). The number of aromatic amines is 2. The molecular weight excluding hydrogens is 388 g/mol. The molecule has 0 aliphatic heterocycles. The Kier molecular flexibility index (Phi) is 3.71. The lowest BCUT2D eigenvalue weighted by Crippen LogP contribution is -2.03. The molecule has 32 heavy (non-hydrogen) atoms. The molecule has 0 unspecified atom stereocenters. The van der Waals surface area contributed by atoms with Crippen molar-refractivity contribution in [1.29, 1.82) is 0 Å². The van der Waals surface area contributed by atoms with Gasteiger partial charge in [0.15, 0.2) is 0 Å². The van der Waals surface area contributed by atoms with E-state index in [-0.39, 0.29) is 5.92 Å². The summed E-state index contributed by atoms with van der Waals surface area (Å²) in [4.78, 5) is 7.01. The van der Waals surface area contributed by atoms with E-state index in [1.165, 1.54) is 60.8 Å². The Morgan fingerprint density at radius 1 is 0.562 bits per heavy atom. The van der Waals surface area contributed by atoms with Gasteiger partial charge in [-0.3, -0.25) is 0 Å². The van der Waals surface area contributed by atoms with E-state index in [9.17, 15) is 0 Å². The van der Waals surface area contributed by atoms with E-state index in [1.54, 1.807) is 0 Å². The molecule has 2 aromatic heterocycles. The summed E-state index contributed by atoms with van der Waals surface area (Å²) in [6.07, 6.45) is 5.39. The summed E-state index contributed by atoms with van der Waals surface area (Å²) >= 11 is 0. The van der Waals surface area contributed by atoms with Gasteiger partial charge < -0.3 is 9.97 Å². The zero-order valence-corrected chi connectivity index (χ0v) is 17.6. The maximum Gasteiger partial charge on any atom is 0.0457 e. The molecule has 0 amide bonds. The zero-order valence-electron chi connectivity index (χ0n) is 17.6. The van der Waals surface area contributed by atoms with Crippen LogP contribution in [0.3, 0.4) is 0 Å². The van der Waals surface area contributed by atoms with Gasteiger partial charge in [0.2, 0.25) is 0 Å². The first-order chi connectivity index (χ1) is 15.9. The molecule has 1 aliphatic rings. The molecule has 0 radical (unpaired) electrons. The largest absolute Gasteiger partial charge is 0.361 e. The van der Waals surface area contributed by atoms with Crippen LogP contribution in [0.4, 0.5) is 0 Å². The van der Waals surface area contributed by atoms with Crippen LogP contribution in [0.15, 0.2) is 103 Å². The molecule has 0 fully saturated rings. The quantitative estimate of drug-likeness (QED) is 0.304. The molecule has 2 nitrogen and oxygen atoms in total. The Hall–Kier alpha value is -4.04. The highest BCUT2D eigenvalue weighted by molar-refractivity contribution is 5.89. The minimum atomic E-state index is 0.149. The van der Waals surface area contributed by atoms with Crippen LogP contribution >= 0.6 is 0 Å². The van der Waals surface area contributed by atoms with Crippen LogP contribution in [-0.4, -0.2) is 9.97 Å². The molecular formula is C30H22N2. The number of benzene rings is 4. The first-order valence-corrected chi connectivity index (χ1v) is 11.2. The molecule has 4 aromatic carbocycles. The van der Waals surface area contributed by atoms with E-state index in [4.69, 9.17) is 0 Å². The smallest absolute Gasteiger partial charge is 0.0457 e. The third kappa shape index (κ3) is 2.53. The predicted octanol–water partition coefficient (Wildman–Crippen LogP) is 7.40. The number of H-pyrrole nitrogens is 2. The van der Waals surface area contributed by atoms with E-state index >= 15 is 0 Å². The van der Waals surface area contributed by atoms with Gasteiger partial charge in [-0.2, -0.15) is 0 Å². The predicted molar refractivity (Wildman–Crippen MR) is 132 cm³/mol. The van der Waals surface area contributed by atoms with Crippen LogP contribution in [0.5, 0.6) is 0 Å². The third-order valence-electron chi connectivity index (χ3n) is 7.02. The summed E-state index contributed by atoms with van der Waals surface area (Å²) < 4.78 is 0. The van der Waals surface area contributed by atoms with Crippen LogP contribution in [0.2, 0.25) is 0 Å². The Morgan fingerprint density at radius 2 is 1.16 bits per heavy atom. The minimum Gasteiger partial charge on any atom is -0.361 e. The Bertz CT molecular complexity index is 1540. The van der Waals surface area contributed by atoms with Crippen LogP contribution < -0.4 is 0 Å². The summed E-state index contributed by atoms with van der Waals surface area (Å²) in [6, 6.07) is 33.1. The van der Waals surface area contributed by atoms with E-state index in [1.807, 2.05) is 0 Å². The van der Waals surface area contributed by atoms with Gasteiger partial charge in [-0.05, 0) is 57.5 Å². The van der Waals surface area contributed by atoms with Gasteiger partial charge in [0.05, 0.1) is 0 Å². The van der Waals surface area contributed by atoms with Crippen molar-refractivity contribution in [3.05, 3.63) is 131 Å². The molecule has 0 atom stereocenters. The second-order valence-electron chi connectivity index (χ2n) is 8.76. The maximum atomic E-state index is 3.50. The van der Waals surface area contributed by atoms with Gasteiger partial charge in [0.1, 0.15) is 0 Å². The number of nitrogens with one attached hydrogen (secondary N) is 2. The lowest BCUT2D eigenvalue weighted by atomic mass is 9.83. The number of fused-ring (bicyclic) bond motifs is 5. The summed E-state index contributed by atoms with van der Waals surface area (Å²) in [5, 5.41) is 2.57. The number of para-hydroxylation sites is 2. The van der Waals surface area contributed by atoms with Crippen molar-refractivity contribution in [2.75, 3.05) is 0 Å². The molecule has 2 heterocycles. The third-order valence-corrected chi connectivity index (χ3v) is 7.02. The van der Waals surface area contributed by atoms with Gasteiger partial charge in [-0.1, -0.05) is 78.9 Å². The fourth-order valence-electron chi connectivity index (χ4n) is 5.54. The normalized spacial score (nSPS) is 12.5. The van der Waals surface area contributed by atoms with Crippen molar-refractivity contribution in [1.82, 2.24) is 9.97 Å². The van der Waals surface area contributed by atoms with Crippen LogP contribution in [0, 0.1) is 0 Å². The second kappa shape index (κ2) is 6.73. The summed E-state index contributed by atoms with van der Waals surface area (Å²) in [5.74, 6) is 0.149. The van der Waals surface area contributed by atoms with Crippen LogP contribution in [0.1, 0.15) is 33.7 Å². The van der Waals surface area contributed by atoms with Gasteiger partial charge in [0, 0.05) is 40.1 Å². The Balaban J connectivity index is 1.46. The van der Waals surface area contributed by atoms with Crippen molar-refractivity contribution in [2.45, 2.75) is 12.3 Å². The van der Waals surface area contributed by atoms with Gasteiger partial charge in [-0.15, -0.1) is 0 Å². The summed E-state index contributed by atoms with van der Waals surface area (Å²) in [5.41, 5.74) is 11.9. The zero-order chi connectivity index (χ0) is 21.1. The Labute approximate surface area is 186 Å². The van der Waals surface area contributed by atoms with Crippen molar-refractivity contribution in [3.63, 3.8) is 0 Å². The SMILES string of the molecule is c1ccc2c(c1)Cc1cc(C(c3c[nH]c4ccccc34)c3c[nH]c4ccccc34)ccc1-2. The highest BCUT2D eigenvalue weighted by Crippen LogP contribution is 2.43. The van der Waals surface area contributed by atoms with Crippen LogP contribution in [-0.2, 0) is 6.42 Å². The standard InChI is InChI=1S/C30H22N2/c1-2-8-22-19(7-1)15-21-16-20(13-14-23(21)22)30(26-17-31-28-11-5-3-9-24(26)28)27-18-32-29-12-6-4-10-25(27)29/h1-14,16-18,30-32H,15H2. The van der Waals surface area contributed by atoms with E-state index in [0.29, 0.717) is 0 Å². The molecule has 0 bridgehead atoms. The van der Waals surface area contributed by atoms with Crippen molar-refractivity contribution in [3.8, 4) is 11.1 Å². The van der Waals surface area contributed by atoms with Gasteiger partial charge in [-0.25, -0.2) is 0 Å². The average molecular weight is 411 g/mol. The average Bonchev–Trinajstić information content (AvgIpc) is 3.55. The molecule has 0 saturated heterocycles. The molecule has 0 saturated carbocycles. The van der Waals surface area contributed by atoms with E-state index in [0.717, 1.165) is 6.42 Å². The highest BCUT2D eigenvalue weighted by atomic mass is 14.7. The number of aromatic nitrogens is 2. The molecule has 2 heteroatoms. The molecule has 1 aliphatic carbocycles. The van der Waals surface area contributed by atoms with Crippen LogP contribution in [0.25, 0.3) is 32.9 Å². The monoisotopic (exact) mass is 410 g/mol. The lowest BCUT2D eigenvalue weighted by Gasteiger charge is -2.19. The fraction of sp³-hybridized carbons (Fsp3) is 0.0667. The lowest BCUT2D eigenvalue weighted by molar-refractivity contribution is 0.993. The van der Waals surface area contributed by atoms with Gasteiger partial charge >= 0.3 is 0 Å². The number of rotatable bonds is 3. The molecule has 2 N–H and O–H groups in total. The number of hydrogen-bond donors (Lipinski definition) is 2. The van der Waals surface area contributed by atoms with Crippen molar-refractivity contribution in [2.24, 2.45) is 0 Å². The fourth-order valence-corrected chi connectivity index (χ4v) is 5.54. The highest BCUT2D eigenvalue weighted by Gasteiger charge is 2.25. The second-order valence-corrected chi connectivity index (χ2v) is 8.76. The Morgan fingerprint density at radius 3 is 1.88 bits per heavy atom. The maximum absolute atomic E-state index is 3.50. The van der Waals surface area contributed by atoms with Crippen molar-refractivity contribution < 1.29 is 0 Å². The first-order valence-electron chi connectivity index (χ1n) is 11.2.